The van der Waals surface area contributed by atoms with Crippen LogP contribution in [0.15, 0.2) is 12.2 Å². The van der Waals surface area contributed by atoms with Gasteiger partial charge in [0, 0.05) is 36.9 Å². The third-order valence-corrected chi connectivity index (χ3v) is 5.75. The highest BCUT2D eigenvalue weighted by Gasteiger charge is 2.39. The monoisotopic (exact) mass is 382 g/mol. The van der Waals surface area contributed by atoms with Crippen LogP contribution in [0.4, 0.5) is 0 Å². The van der Waals surface area contributed by atoms with E-state index in [4.69, 9.17) is 0 Å². The lowest BCUT2D eigenvalue weighted by atomic mass is 9.87. The van der Waals surface area contributed by atoms with E-state index in [9.17, 15) is 14.4 Å². The molecule has 1 aliphatic rings. The van der Waals surface area contributed by atoms with Crippen molar-refractivity contribution in [3.05, 3.63) is 12.2 Å². The Labute approximate surface area is 163 Å². The summed E-state index contributed by atoms with van der Waals surface area (Å²) in [6.07, 6.45) is 12.5. The number of esters is 1. The fraction of sp³-hybridized carbons (Fsp3) is 0.762. The maximum atomic E-state index is 12.3. The molecule has 0 amide bonds. The Kier molecular flexibility index (Phi) is 11.6. The fourth-order valence-corrected chi connectivity index (χ4v) is 4.10. The van der Waals surface area contributed by atoms with Gasteiger partial charge in [0.15, 0.2) is 0 Å². The average Bonchev–Trinajstić information content (AvgIpc) is 2.89. The van der Waals surface area contributed by atoms with Crippen LogP contribution in [0, 0.1) is 11.8 Å². The van der Waals surface area contributed by atoms with Gasteiger partial charge in [0.1, 0.15) is 11.6 Å². The van der Waals surface area contributed by atoms with Gasteiger partial charge in [0.2, 0.25) is 0 Å². The van der Waals surface area contributed by atoms with E-state index in [1.807, 2.05) is 12.2 Å². The summed E-state index contributed by atoms with van der Waals surface area (Å²) in [5, 5.41) is 0.0728. The van der Waals surface area contributed by atoms with Crippen LogP contribution < -0.4 is 0 Å². The first-order chi connectivity index (χ1) is 12.5. The van der Waals surface area contributed by atoms with Crippen molar-refractivity contribution in [1.82, 2.24) is 0 Å². The Balaban J connectivity index is 2.38. The average molecular weight is 383 g/mol. The van der Waals surface area contributed by atoms with E-state index in [0.717, 1.165) is 38.5 Å². The number of thiol groups is 1. The van der Waals surface area contributed by atoms with Crippen molar-refractivity contribution < 1.29 is 19.1 Å². The maximum absolute atomic E-state index is 12.3. The highest BCUT2D eigenvalue weighted by Crippen LogP contribution is 2.38. The predicted molar refractivity (Wildman–Crippen MR) is 107 cm³/mol. The Hall–Kier alpha value is -1.10. The zero-order chi connectivity index (χ0) is 19.4. The molecule has 0 unspecified atom stereocenters. The number of unbranched alkanes of at least 4 members (excludes halogenated alkanes) is 3. The number of Topliss-reactive ketones (excluding diaryl/α,β-unsaturated/α-hetero) is 2. The molecule has 0 aromatic rings. The summed E-state index contributed by atoms with van der Waals surface area (Å²) in [4.78, 5) is 35.3. The molecule has 0 aromatic carbocycles. The van der Waals surface area contributed by atoms with Crippen LogP contribution in [-0.4, -0.2) is 29.9 Å². The summed E-state index contributed by atoms with van der Waals surface area (Å²) in [5.41, 5.74) is 0. The number of methoxy groups -OCH3 is 1. The summed E-state index contributed by atoms with van der Waals surface area (Å²) in [5.74, 6) is 0.576. The minimum Gasteiger partial charge on any atom is -0.469 e. The normalized spacial score (nSPS) is 22.9. The van der Waals surface area contributed by atoms with Gasteiger partial charge < -0.3 is 4.74 Å². The van der Waals surface area contributed by atoms with Gasteiger partial charge in [-0.15, -0.1) is 0 Å². The SMILES string of the molecule is CCCCCC(=O)CC[C@H]1[C@H](S)CC(=O)[C@@H]1CC=CCCCC(=O)OC. The number of ketones is 2. The molecule has 3 atom stereocenters. The molecule has 1 aliphatic carbocycles. The standard InChI is InChI=1S/C21H34O4S/c1-3-4-7-10-16(22)13-14-18-17(19(23)15-20(18)26)11-8-5-6-9-12-21(24)25-2/h5,8,17-18,20,26H,3-4,6-7,9-15H2,1-2H3/t17-,18-,20-/m1/s1. The van der Waals surface area contributed by atoms with Crippen LogP contribution in [0.2, 0.25) is 0 Å². The smallest absolute Gasteiger partial charge is 0.305 e. The third-order valence-electron chi connectivity index (χ3n) is 5.19. The van der Waals surface area contributed by atoms with Gasteiger partial charge in [-0.25, -0.2) is 0 Å². The van der Waals surface area contributed by atoms with Crippen LogP contribution >= 0.6 is 12.6 Å². The maximum Gasteiger partial charge on any atom is 0.305 e. The molecule has 0 spiro atoms. The van der Waals surface area contributed by atoms with E-state index < -0.39 is 0 Å². The molecule has 4 nitrogen and oxygen atoms in total. The molecule has 1 rings (SSSR count). The Bertz CT molecular complexity index is 486. The summed E-state index contributed by atoms with van der Waals surface area (Å²) < 4.78 is 4.61. The lowest BCUT2D eigenvalue weighted by molar-refractivity contribution is -0.140. The van der Waals surface area contributed by atoms with Crippen LogP contribution in [0.25, 0.3) is 0 Å². The highest BCUT2D eigenvalue weighted by molar-refractivity contribution is 7.81. The van der Waals surface area contributed by atoms with Gasteiger partial charge in [-0.2, -0.15) is 12.6 Å². The van der Waals surface area contributed by atoms with E-state index in [1.165, 1.54) is 7.11 Å². The van der Waals surface area contributed by atoms with Gasteiger partial charge in [-0.05, 0) is 38.0 Å². The molecule has 0 saturated heterocycles. The molecule has 0 aliphatic heterocycles. The fourth-order valence-electron chi connectivity index (χ4n) is 3.57. The number of rotatable bonds is 13. The van der Waals surface area contributed by atoms with Gasteiger partial charge in [0.25, 0.3) is 0 Å². The third kappa shape index (κ3) is 8.52. The molecule has 0 heterocycles. The van der Waals surface area contributed by atoms with Crippen molar-refractivity contribution in [2.45, 2.75) is 82.8 Å². The molecule has 1 fully saturated rings. The largest absolute Gasteiger partial charge is 0.469 e. The summed E-state index contributed by atoms with van der Waals surface area (Å²) in [7, 11) is 1.40. The molecule has 0 N–H and O–H groups in total. The van der Waals surface area contributed by atoms with Crippen LogP contribution in [0.3, 0.4) is 0 Å². The summed E-state index contributed by atoms with van der Waals surface area (Å²) >= 11 is 4.60. The number of carbonyl (C=O) groups excluding carboxylic acids is 3. The second-order valence-corrected chi connectivity index (χ2v) is 7.88. The number of allylic oxidation sites excluding steroid dienone is 2. The molecule has 148 valence electrons. The van der Waals surface area contributed by atoms with Gasteiger partial charge in [0.05, 0.1) is 7.11 Å². The van der Waals surface area contributed by atoms with Crippen LogP contribution in [0.1, 0.15) is 77.6 Å². The molecule has 0 bridgehead atoms. The van der Waals surface area contributed by atoms with Gasteiger partial charge in [-0.1, -0.05) is 31.9 Å². The first-order valence-corrected chi connectivity index (χ1v) is 10.5. The van der Waals surface area contributed by atoms with Crippen molar-refractivity contribution in [2.24, 2.45) is 11.8 Å². The van der Waals surface area contributed by atoms with E-state index >= 15 is 0 Å². The van der Waals surface area contributed by atoms with Gasteiger partial charge >= 0.3 is 5.97 Å². The Morgan fingerprint density at radius 1 is 1.15 bits per heavy atom. The van der Waals surface area contributed by atoms with Crippen molar-refractivity contribution >= 4 is 30.2 Å². The highest BCUT2D eigenvalue weighted by atomic mass is 32.1. The van der Waals surface area contributed by atoms with E-state index in [-0.39, 0.29) is 28.8 Å². The zero-order valence-electron chi connectivity index (χ0n) is 16.2. The van der Waals surface area contributed by atoms with Crippen molar-refractivity contribution in [3.63, 3.8) is 0 Å². The Morgan fingerprint density at radius 3 is 2.62 bits per heavy atom. The topological polar surface area (TPSA) is 60.4 Å². The lowest BCUT2D eigenvalue weighted by Gasteiger charge is -2.20. The molecular weight excluding hydrogens is 348 g/mol. The van der Waals surface area contributed by atoms with Gasteiger partial charge in [-0.3, -0.25) is 14.4 Å². The molecule has 0 aromatic heterocycles. The van der Waals surface area contributed by atoms with Crippen LogP contribution in [0.5, 0.6) is 0 Å². The first-order valence-electron chi connectivity index (χ1n) is 9.93. The minimum absolute atomic E-state index is 0.0159. The number of ether oxygens (including phenoxy) is 1. The first kappa shape index (κ1) is 22.9. The number of hydrogen-bond donors (Lipinski definition) is 1. The van der Waals surface area contributed by atoms with Crippen LogP contribution in [-0.2, 0) is 19.1 Å². The number of carbonyl (C=O) groups is 3. The van der Waals surface area contributed by atoms with Crippen molar-refractivity contribution in [3.8, 4) is 0 Å². The van der Waals surface area contributed by atoms with Crippen molar-refractivity contribution in [1.29, 1.82) is 0 Å². The summed E-state index contributed by atoms with van der Waals surface area (Å²) in [6.45, 7) is 2.13. The zero-order valence-corrected chi connectivity index (χ0v) is 17.1. The lowest BCUT2D eigenvalue weighted by Crippen LogP contribution is -2.19. The van der Waals surface area contributed by atoms with Crippen molar-refractivity contribution in [2.75, 3.05) is 7.11 Å². The van der Waals surface area contributed by atoms with E-state index in [0.29, 0.717) is 37.9 Å². The minimum atomic E-state index is -0.189. The van der Waals surface area contributed by atoms with E-state index in [2.05, 4.69) is 24.3 Å². The molecular formula is C21H34O4S. The quantitative estimate of drug-likeness (QED) is 0.217. The molecule has 1 saturated carbocycles. The second kappa shape index (κ2) is 13.1. The molecule has 26 heavy (non-hydrogen) atoms. The Morgan fingerprint density at radius 2 is 1.92 bits per heavy atom. The van der Waals surface area contributed by atoms with E-state index in [1.54, 1.807) is 0 Å². The number of hydrogen-bond acceptors (Lipinski definition) is 5. The second-order valence-electron chi connectivity index (χ2n) is 7.22. The molecule has 5 heteroatoms. The molecule has 0 radical (unpaired) electrons. The summed E-state index contributed by atoms with van der Waals surface area (Å²) in [6, 6.07) is 0. The predicted octanol–water partition coefficient (Wildman–Crippen LogP) is 4.71.